The van der Waals surface area contributed by atoms with Gasteiger partial charge in [0.15, 0.2) is 6.23 Å². The van der Waals surface area contributed by atoms with Crippen LogP contribution in [0, 0.1) is 0 Å². The molecule has 1 heterocycles. The Morgan fingerprint density at radius 1 is 1.80 bits per heavy atom. The molecular formula is C3H4NO. The summed E-state index contributed by atoms with van der Waals surface area (Å²) in [7, 11) is 0. The van der Waals surface area contributed by atoms with Gasteiger partial charge in [-0.25, -0.2) is 5.11 Å². The summed E-state index contributed by atoms with van der Waals surface area (Å²) in [6.45, 7) is 0. The standard InChI is InChI=1S/C3H4NO/c5-3-1-2-4-3/h1-4H. The van der Waals surface area contributed by atoms with E-state index < -0.39 is 6.23 Å². The molecule has 0 bridgehead atoms. The summed E-state index contributed by atoms with van der Waals surface area (Å²) in [5, 5.41) is 12.3. The topological polar surface area (TPSA) is 31.9 Å². The van der Waals surface area contributed by atoms with Crippen molar-refractivity contribution in [2.24, 2.45) is 0 Å². The molecule has 1 radical (unpaired) electrons. The largest absolute Gasteiger partial charge is 0.361 e. The highest BCUT2D eigenvalue weighted by Gasteiger charge is 2.00. The Bertz CT molecular complexity index is 59.9. The molecule has 0 aromatic carbocycles. The molecule has 2 nitrogen and oxygen atoms in total. The lowest BCUT2D eigenvalue weighted by Gasteiger charge is -2.08. The molecule has 1 unspecified atom stereocenters. The van der Waals surface area contributed by atoms with Gasteiger partial charge in [0.2, 0.25) is 0 Å². The molecule has 5 heavy (non-hydrogen) atoms. The monoisotopic (exact) mass is 70.0 g/mol. The average Bonchev–Trinajstić information content (AvgIpc) is 1.30. The van der Waals surface area contributed by atoms with Gasteiger partial charge in [0.25, 0.3) is 0 Å². The summed E-state index contributed by atoms with van der Waals surface area (Å²) in [6, 6.07) is 0. The van der Waals surface area contributed by atoms with Crippen LogP contribution in [0.5, 0.6) is 0 Å². The van der Waals surface area contributed by atoms with Gasteiger partial charge in [-0.15, -0.1) is 0 Å². The molecule has 1 aliphatic rings. The number of nitrogens with one attached hydrogen (secondary N) is 1. The second-order valence-electron chi connectivity index (χ2n) is 0.946. The minimum Gasteiger partial charge on any atom is -0.361 e. The highest BCUT2D eigenvalue weighted by molar-refractivity contribution is 4.97. The van der Waals surface area contributed by atoms with Gasteiger partial charge in [0.05, 0.1) is 0 Å². The Hall–Kier alpha value is -0.500. The molecule has 1 aliphatic heterocycles. The van der Waals surface area contributed by atoms with Crippen LogP contribution in [0.15, 0.2) is 12.3 Å². The molecule has 2 heteroatoms. The summed E-state index contributed by atoms with van der Waals surface area (Å²) in [5.41, 5.74) is 0. The minimum atomic E-state index is -0.616. The quantitative estimate of drug-likeness (QED) is 0.422. The van der Waals surface area contributed by atoms with E-state index in [-0.39, 0.29) is 0 Å². The second-order valence-corrected chi connectivity index (χ2v) is 0.946. The molecule has 0 spiro atoms. The van der Waals surface area contributed by atoms with Crippen LogP contribution in [0.3, 0.4) is 0 Å². The first kappa shape index (κ1) is 2.72. The van der Waals surface area contributed by atoms with Crippen molar-refractivity contribution < 1.29 is 5.11 Å². The fourth-order valence-corrected chi connectivity index (χ4v) is 0.175. The van der Waals surface area contributed by atoms with Gasteiger partial charge in [0, 0.05) is 0 Å². The van der Waals surface area contributed by atoms with E-state index in [2.05, 4.69) is 5.32 Å². The van der Waals surface area contributed by atoms with E-state index in [9.17, 15) is 5.11 Å². The molecule has 0 amide bonds. The van der Waals surface area contributed by atoms with Crippen LogP contribution in [0.4, 0.5) is 0 Å². The molecule has 0 aliphatic carbocycles. The molecule has 0 saturated heterocycles. The van der Waals surface area contributed by atoms with E-state index in [0.29, 0.717) is 0 Å². The van der Waals surface area contributed by atoms with Crippen molar-refractivity contribution in [2.75, 3.05) is 0 Å². The van der Waals surface area contributed by atoms with Crippen LogP contribution in [-0.4, -0.2) is 6.23 Å². The third-order valence-electron chi connectivity index (χ3n) is 0.532. The van der Waals surface area contributed by atoms with Crippen molar-refractivity contribution in [3.63, 3.8) is 0 Å². The molecule has 0 aromatic rings. The maximum Gasteiger partial charge on any atom is 0.182 e. The first-order chi connectivity index (χ1) is 2.39. The second kappa shape index (κ2) is 0.723. The lowest BCUT2D eigenvalue weighted by molar-refractivity contribution is 0.0962. The fraction of sp³-hybridized carbons (Fsp3) is 0.333. The fourth-order valence-electron chi connectivity index (χ4n) is 0.175. The highest BCUT2D eigenvalue weighted by Crippen LogP contribution is 1.88. The molecule has 0 aromatic heterocycles. The van der Waals surface area contributed by atoms with Crippen LogP contribution in [0.25, 0.3) is 0 Å². The van der Waals surface area contributed by atoms with E-state index in [1.54, 1.807) is 12.3 Å². The lowest BCUT2D eigenvalue weighted by atomic mass is 10.4. The van der Waals surface area contributed by atoms with Crippen LogP contribution in [-0.2, 0) is 5.11 Å². The van der Waals surface area contributed by atoms with E-state index >= 15 is 0 Å². The number of rotatable bonds is 0. The Morgan fingerprint density at radius 3 is 2.20 bits per heavy atom. The SMILES string of the molecule is [O]C1C=CN1. The van der Waals surface area contributed by atoms with Crippen LogP contribution >= 0.6 is 0 Å². The van der Waals surface area contributed by atoms with E-state index in [1.807, 2.05) is 0 Å². The van der Waals surface area contributed by atoms with E-state index in [1.165, 1.54) is 0 Å². The summed E-state index contributed by atoms with van der Waals surface area (Å²) >= 11 is 0. The Balaban J connectivity index is 2.39. The summed E-state index contributed by atoms with van der Waals surface area (Å²) in [6.07, 6.45) is 2.58. The maximum atomic E-state index is 9.78. The average molecular weight is 70.1 g/mol. The molecule has 1 atom stereocenters. The van der Waals surface area contributed by atoms with Crippen molar-refractivity contribution in [1.82, 2.24) is 5.32 Å². The summed E-state index contributed by atoms with van der Waals surface area (Å²) < 4.78 is 0. The Kier molecular flexibility index (Phi) is 0.394. The molecule has 0 saturated carbocycles. The zero-order valence-electron chi connectivity index (χ0n) is 2.64. The maximum absolute atomic E-state index is 9.78. The van der Waals surface area contributed by atoms with Gasteiger partial charge in [-0.05, 0) is 12.3 Å². The minimum absolute atomic E-state index is 0.616. The first-order valence-electron chi connectivity index (χ1n) is 1.48. The van der Waals surface area contributed by atoms with Gasteiger partial charge in [-0.1, -0.05) is 0 Å². The third kappa shape index (κ3) is 0.260. The normalized spacial score (nSPS) is 31.8. The smallest absolute Gasteiger partial charge is 0.182 e. The Labute approximate surface area is 30.1 Å². The molecule has 0 fully saturated rings. The van der Waals surface area contributed by atoms with Gasteiger partial charge in [-0.2, -0.15) is 0 Å². The van der Waals surface area contributed by atoms with Gasteiger partial charge in [0.1, 0.15) is 0 Å². The summed E-state index contributed by atoms with van der Waals surface area (Å²) in [4.78, 5) is 0. The van der Waals surface area contributed by atoms with Crippen LogP contribution < -0.4 is 5.32 Å². The molecule has 1 rings (SSSR count). The summed E-state index contributed by atoms with van der Waals surface area (Å²) in [5.74, 6) is 0. The molecule has 1 N–H and O–H groups in total. The van der Waals surface area contributed by atoms with Crippen LogP contribution in [0.2, 0.25) is 0 Å². The van der Waals surface area contributed by atoms with E-state index in [4.69, 9.17) is 0 Å². The van der Waals surface area contributed by atoms with Gasteiger partial charge >= 0.3 is 0 Å². The number of hydrogen-bond acceptors (Lipinski definition) is 1. The van der Waals surface area contributed by atoms with Gasteiger partial charge < -0.3 is 5.32 Å². The number of hydrogen-bond donors (Lipinski definition) is 1. The third-order valence-corrected chi connectivity index (χ3v) is 0.532. The highest BCUT2D eigenvalue weighted by atomic mass is 16.3. The van der Waals surface area contributed by atoms with Crippen LogP contribution in [0.1, 0.15) is 0 Å². The predicted octanol–water partition coefficient (Wildman–Crippen LogP) is -0.140. The van der Waals surface area contributed by atoms with Crippen molar-refractivity contribution in [3.05, 3.63) is 12.3 Å². The zero-order valence-corrected chi connectivity index (χ0v) is 2.64. The van der Waals surface area contributed by atoms with Gasteiger partial charge in [-0.3, -0.25) is 0 Å². The first-order valence-corrected chi connectivity index (χ1v) is 1.48. The molecule has 27 valence electrons. The molecular weight excluding hydrogens is 66.0 g/mol. The van der Waals surface area contributed by atoms with E-state index in [0.717, 1.165) is 0 Å². The van der Waals surface area contributed by atoms with Crippen molar-refractivity contribution in [2.45, 2.75) is 6.23 Å². The lowest BCUT2D eigenvalue weighted by Crippen LogP contribution is -2.27. The Morgan fingerprint density at radius 2 is 2.20 bits per heavy atom. The van der Waals surface area contributed by atoms with Crippen molar-refractivity contribution in [1.29, 1.82) is 0 Å². The predicted molar refractivity (Wildman–Crippen MR) is 16.8 cm³/mol. The van der Waals surface area contributed by atoms with Crippen molar-refractivity contribution >= 4 is 0 Å². The van der Waals surface area contributed by atoms with Crippen molar-refractivity contribution in [3.8, 4) is 0 Å². The zero-order chi connectivity index (χ0) is 3.70.